The van der Waals surface area contributed by atoms with Crippen molar-refractivity contribution < 1.29 is 14.6 Å². The zero-order valence-electron chi connectivity index (χ0n) is 16.7. The van der Waals surface area contributed by atoms with Crippen LogP contribution in [-0.4, -0.2) is 35.1 Å². The van der Waals surface area contributed by atoms with E-state index >= 15 is 0 Å². The van der Waals surface area contributed by atoms with Gasteiger partial charge in [0, 0.05) is 41.5 Å². The molecule has 154 valence electrons. The molecule has 2 aromatic carbocycles. The topological polar surface area (TPSA) is 62.7 Å². The number of pyridine rings is 1. The molecule has 0 aliphatic carbocycles. The van der Waals surface area contributed by atoms with Crippen LogP contribution >= 0.6 is 11.6 Å². The van der Waals surface area contributed by atoms with Crippen molar-refractivity contribution in [2.24, 2.45) is 0 Å². The maximum absolute atomic E-state index is 12.8. The first kappa shape index (κ1) is 20.4. The van der Waals surface area contributed by atoms with Crippen molar-refractivity contribution in [3.8, 4) is 5.88 Å². The van der Waals surface area contributed by atoms with Gasteiger partial charge in [0.15, 0.2) is 5.78 Å². The van der Waals surface area contributed by atoms with E-state index in [9.17, 15) is 9.90 Å². The van der Waals surface area contributed by atoms with Crippen molar-refractivity contribution in [1.29, 1.82) is 0 Å². The largest absolute Gasteiger partial charge is 0.471 e. The molecule has 0 saturated carbocycles. The Hall–Kier alpha value is -2.89. The smallest absolute Gasteiger partial charge is 0.232 e. The molecule has 1 N–H and O–H groups in total. The van der Waals surface area contributed by atoms with Crippen LogP contribution in [0, 0.1) is 6.92 Å². The van der Waals surface area contributed by atoms with Crippen LogP contribution < -0.4 is 9.64 Å². The summed E-state index contributed by atoms with van der Waals surface area (Å²) >= 11 is 6.14. The van der Waals surface area contributed by atoms with Gasteiger partial charge in [-0.3, -0.25) is 4.79 Å². The number of aliphatic hydroxyl groups excluding tert-OH is 1. The molecule has 3 aromatic rings. The van der Waals surface area contributed by atoms with Gasteiger partial charge in [-0.2, -0.15) is 0 Å². The predicted molar refractivity (Wildman–Crippen MR) is 117 cm³/mol. The second kappa shape index (κ2) is 8.86. The Morgan fingerprint density at radius 3 is 2.70 bits per heavy atom. The number of benzene rings is 2. The molecule has 0 radical (unpaired) electrons. The maximum atomic E-state index is 12.8. The van der Waals surface area contributed by atoms with Gasteiger partial charge >= 0.3 is 0 Å². The summed E-state index contributed by atoms with van der Waals surface area (Å²) in [4.78, 5) is 19.2. The van der Waals surface area contributed by atoms with Crippen molar-refractivity contribution in [1.82, 2.24) is 4.98 Å². The Balaban J connectivity index is 1.50. The highest BCUT2D eigenvalue weighted by molar-refractivity contribution is 6.31. The van der Waals surface area contributed by atoms with E-state index in [1.807, 2.05) is 43.3 Å². The zero-order valence-corrected chi connectivity index (χ0v) is 17.5. The number of aryl methyl sites for hydroxylation is 1. The van der Waals surface area contributed by atoms with Gasteiger partial charge in [-0.1, -0.05) is 41.4 Å². The minimum Gasteiger partial charge on any atom is -0.471 e. The number of rotatable bonds is 6. The second-order valence-corrected chi connectivity index (χ2v) is 7.87. The summed E-state index contributed by atoms with van der Waals surface area (Å²) in [6.07, 6.45) is 2.43. The van der Waals surface area contributed by atoms with E-state index in [-0.39, 0.29) is 18.5 Å². The van der Waals surface area contributed by atoms with Crippen LogP contribution in [0.15, 0.2) is 60.8 Å². The number of aliphatic hydroxyl groups is 1. The Kier molecular flexibility index (Phi) is 6.02. The standard InChI is InChI=1S/C24H23ClN2O3/c1-16-4-6-17(7-5-16)23(29)18-8-9-22(19(13-18)15-28)27-12-10-20(14-27)30-24-21(25)3-2-11-26-24/h2-9,11,13,20,28H,10,12,14-15H2,1H3/t20-/m0/s1. The molecule has 0 bridgehead atoms. The molecular weight excluding hydrogens is 400 g/mol. The van der Waals surface area contributed by atoms with Gasteiger partial charge < -0.3 is 14.7 Å². The highest BCUT2D eigenvalue weighted by Gasteiger charge is 2.27. The summed E-state index contributed by atoms with van der Waals surface area (Å²) < 4.78 is 5.96. The van der Waals surface area contributed by atoms with Gasteiger partial charge in [-0.05, 0) is 37.3 Å². The van der Waals surface area contributed by atoms with Crippen molar-refractivity contribution in [2.45, 2.75) is 26.1 Å². The lowest BCUT2D eigenvalue weighted by Crippen LogP contribution is -2.25. The first-order valence-electron chi connectivity index (χ1n) is 9.92. The molecule has 4 rings (SSSR count). The van der Waals surface area contributed by atoms with Crippen LogP contribution in [0.25, 0.3) is 0 Å². The van der Waals surface area contributed by atoms with Crippen LogP contribution in [0.2, 0.25) is 5.02 Å². The second-order valence-electron chi connectivity index (χ2n) is 7.46. The average molecular weight is 423 g/mol. The van der Waals surface area contributed by atoms with E-state index in [1.54, 1.807) is 24.4 Å². The SMILES string of the molecule is Cc1ccc(C(=O)c2ccc(N3CC[C@H](Oc4ncccc4Cl)C3)c(CO)c2)cc1. The molecule has 1 saturated heterocycles. The van der Waals surface area contributed by atoms with Gasteiger partial charge in [0.05, 0.1) is 13.2 Å². The van der Waals surface area contributed by atoms with Crippen molar-refractivity contribution >= 4 is 23.1 Å². The third-order valence-electron chi connectivity index (χ3n) is 5.31. The third-order valence-corrected chi connectivity index (χ3v) is 5.60. The highest BCUT2D eigenvalue weighted by atomic mass is 35.5. The predicted octanol–water partition coefficient (Wildman–Crippen LogP) is 4.42. The molecule has 1 fully saturated rings. The Morgan fingerprint density at radius 1 is 1.20 bits per heavy atom. The minimum absolute atomic E-state index is 0.0437. The van der Waals surface area contributed by atoms with Crippen LogP contribution in [0.5, 0.6) is 5.88 Å². The van der Waals surface area contributed by atoms with Crippen LogP contribution in [-0.2, 0) is 6.61 Å². The van der Waals surface area contributed by atoms with Gasteiger partial charge in [0.25, 0.3) is 0 Å². The third kappa shape index (κ3) is 4.32. The zero-order chi connectivity index (χ0) is 21.1. The summed E-state index contributed by atoms with van der Waals surface area (Å²) in [6, 6.07) is 16.5. The van der Waals surface area contributed by atoms with Gasteiger partial charge in [0.1, 0.15) is 11.1 Å². The number of hydrogen-bond donors (Lipinski definition) is 1. The molecule has 6 heteroatoms. The van der Waals surface area contributed by atoms with E-state index in [0.29, 0.717) is 28.6 Å². The van der Waals surface area contributed by atoms with E-state index in [4.69, 9.17) is 16.3 Å². The van der Waals surface area contributed by atoms with E-state index < -0.39 is 0 Å². The molecule has 0 unspecified atom stereocenters. The summed E-state index contributed by atoms with van der Waals surface area (Å²) in [5.74, 6) is 0.385. The van der Waals surface area contributed by atoms with Crippen molar-refractivity contribution in [2.75, 3.05) is 18.0 Å². The Labute approximate surface area is 180 Å². The number of anilines is 1. The van der Waals surface area contributed by atoms with Gasteiger partial charge in [-0.25, -0.2) is 4.98 Å². The van der Waals surface area contributed by atoms with Gasteiger partial charge in [-0.15, -0.1) is 0 Å². The molecule has 30 heavy (non-hydrogen) atoms. The quantitative estimate of drug-likeness (QED) is 0.595. The molecular formula is C24H23ClN2O3. The maximum Gasteiger partial charge on any atom is 0.232 e. The summed E-state index contributed by atoms with van der Waals surface area (Å²) in [6.45, 7) is 3.29. The lowest BCUT2D eigenvalue weighted by atomic mass is 9.99. The monoisotopic (exact) mass is 422 g/mol. The lowest BCUT2D eigenvalue weighted by molar-refractivity contribution is 0.103. The molecule has 0 amide bonds. The fourth-order valence-electron chi connectivity index (χ4n) is 3.69. The van der Waals surface area contributed by atoms with Crippen molar-refractivity contribution in [3.05, 3.63) is 88.1 Å². The molecule has 1 aromatic heterocycles. The number of halogens is 1. The number of nitrogens with zero attached hydrogens (tertiary/aromatic N) is 2. The fourth-order valence-corrected chi connectivity index (χ4v) is 3.86. The Morgan fingerprint density at radius 2 is 1.97 bits per heavy atom. The molecule has 1 aliphatic rings. The van der Waals surface area contributed by atoms with E-state index in [1.165, 1.54) is 0 Å². The summed E-state index contributed by atoms with van der Waals surface area (Å²) in [5.41, 5.74) is 3.95. The van der Waals surface area contributed by atoms with Crippen LogP contribution in [0.3, 0.4) is 0 Å². The molecule has 5 nitrogen and oxygen atoms in total. The normalized spacial score (nSPS) is 16.0. The fraction of sp³-hybridized carbons (Fsp3) is 0.250. The minimum atomic E-state index is -0.140. The highest BCUT2D eigenvalue weighted by Crippen LogP contribution is 2.29. The van der Waals surface area contributed by atoms with Crippen LogP contribution in [0.1, 0.15) is 33.5 Å². The number of carbonyl (C=O) groups excluding carboxylic acids is 1. The number of ketones is 1. The number of aromatic nitrogens is 1. The number of ether oxygens (including phenoxy) is 1. The van der Waals surface area contributed by atoms with Gasteiger partial charge in [0.2, 0.25) is 5.88 Å². The van der Waals surface area contributed by atoms with Crippen LogP contribution in [0.4, 0.5) is 5.69 Å². The first-order valence-corrected chi connectivity index (χ1v) is 10.3. The van der Waals surface area contributed by atoms with Crippen molar-refractivity contribution in [3.63, 3.8) is 0 Å². The average Bonchev–Trinajstić information content (AvgIpc) is 3.23. The molecule has 0 spiro atoms. The molecule has 1 aliphatic heterocycles. The summed E-state index contributed by atoms with van der Waals surface area (Å²) in [7, 11) is 0. The van der Waals surface area contributed by atoms with E-state index in [0.717, 1.165) is 29.8 Å². The molecule has 1 atom stereocenters. The lowest BCUT2D eigenvalue weighted by Gasteiger charge is -2.22. The number of carbonyl (C=O) groups is 1. The first-order chi connectivity index (χ1) is 14.5. The summed E-state index contributed by atoms with van der Waals surface area (Å²) in [5, 5.41) is 10.4. The Bertz CT molecular complexity index is 1050. The van der Waals surface area contributed by atoms with E-state index in [2.05, 4.69) is 9.88 Å². The number of hydrogen-bond acceptors (Lipinski definition) is 5. The molecule has 2 heterocycles.